The first kappa shape index (κ1) is 14.6. The second kappa shape index (κ2) is 5.68. The molecule has 0 amide bonds. The van der Waals surface area contributed by atoms with Gasteiger partial charge in [0.2, 0.25) is 10.0 Å². The van der Waals surface area contributed by atoms with Crippen LogP contribution in [0, 0.1) is 12.7 Å². The van der Waals surface area contributed by atoms with Crippen LogP contribution in [0.15, 0.2) is 47.5 Å². The van der Waals surface area contributed by atoms with Gasteiger partial charge < -0.3 is 0 Å². The fourth-order valence-corrected chi connectivity index (χ4v) is 3.35. The van der Waals surface area contributed by atoms with Gasteiger partial charge in [-0.25, -0.2) is 17.5 Å². The molecule has 0 spiro atoms. The van der Waals surface area contributed by atoms with Gasteiger partial charge in [0.05, 0.1) is 16.6 Å². The van der Waals surface area contributed by atoms with Crippen molar-refractivity contribution in [3.8, 4) is 0 Å². The third kappa shape index (κ3) is 3.20. The molecule has 1 aromatic heterocycles. The highest BCUT2D eigenvalue weighted by Gasteiger charge is 2.21. The number of hydrogen-bond donors (Lipinski definition) is 1. The standard InChI is InChI=1S/C14H15FN2O2S/c1-10-9-12(15)6-7-14(10)20(18,19)17-11(2)13-5-3-4-8-16-13/h3-9,11,17H,1-2H3/t11-/m1/s1. The van der Waals surface area contributed by atoms with Crippen molar-refractivity contribution in [3.63, 3.8) is 0 Å². The van der Waals surface area contributed by atoms with E-state index in [-0.39, 0.29) is 4.90 Å². The monoisotopic (exact) mass is 294 g/mol. The summed E-state index contributed by atoms with van der Waals surface area (Å²) in [5, 5.41) is 0. The SMILES string of the molecule is Cc1cc(F)ccc1S(=O)(=O)N[C@H](C)c1ccccn1. The molecule has 0 unspecified atom stereocenters. The van der Waals surface area contributed by atoms with E-state index in [1.54, 1.807) is 38.2 Å². The molecule has 0 saturated heterocycles. The summed E-state index contributed by atoms with van der Waals surface area (Å²) >= 11 is 0. The molecule has 0 aliphatic heterocycles. The van der Waals surface area contributed by atoms with Gasteiger partial charge in [0.15, 0.2) is 0 Å². The Hall–Kier alpha value is -1.79. The van der Waals surface area contributed by atoms with Crippen LogP contribution in [0.1, 0.15) is 24.2 Å². The molecule has 4 nitrogen and oxygen atoms in total. The van der Waals surface area contributed by atoms with Crippen LogP contribution < -0.4 is 4.72 Å². The van der Waals surface area contributed by atoms with E-state index in [0.29, 0.717) is 11.3 Å². The molecule has 1 aromatic carbocycles. The Morgan fingerprint density at radius 1 is 1.25 bits per heavy atom. The number of pyridine rings is 1. The maximum absolute atomic E-state index is 13.0. The second-order valence-electron chi connectivity index (χ2n) is 4.51. The molecule has 1 heterocycles. The Bertz CT molecular complexity index is 702. The van der Waals surface area contributed by atoms with Crippen molar-refractivity contribution in [2.24, 2.45) is 0 Å². The van der Waals surface area contributed by atoms with E-state index < -0.39 is 21.9 Å². The Morgan fingerprint density at radius 2 is 2.00 bits per heavy atom. The van der Waals surface area contributed by atoms with Crippen LogP contribution >= 0.6 is 0 Å². The molecule has 0 aliphatic rings. The van der Waals surface area contributed by atoms with E-state index in [9.17, 15) is 12.8 Å². The van der Waals surface area contributed by atoms with Crippen LogP contribution in [-0.4, -0.2) is 13.4 Å². The Labute approximate surface area is 117 Å². The van der Waals surface area contributed by atoms with Crippen LogP contribution in [-0.2, 0) is 10.0 Å². The largest absolute Gasteiger partial charge is 0.260 e. The lowest BCUT2D eigenvalue weighted by molar-refractivity contribution is 0.562. The van der Waals surface area contributed by atoms with Crippen molar-refractivity contribution in [3.05, 3.63) is 59.7 Å². The van der Waals surface area contributed by atoms with E-state index in [1.807, 2.05) is 0 Å². The third-order valence-corrected chi connectivity index (χ3v) is 4.59. The fourth-order valence-electron chi connectivity index (χ4n) is 1.90. The van der Waals surface area contributed by atoms with Crippen LogP contribution in [0.4, 0.5) is 4.39 Å². The first-order valence-electron chi connectivity index (χ1n) is 6.09. The number of nitrogens with zero attached hydrogens (tertiary/aromatic N) is 1. The summed E-state index contributed by atoms with van der Waals surface area (Å²) in [7, 11) is -3.71. The predicted octanol–water partition coefficient (Wildman–Crippen LogP) is 2.57. The van der Waals surface area contributed by atoms with Gasteiger partial charge in [-0.1, -0.05) is 6.07 Å². The van der Waals surface area contributed by atoms with Gasteiger partial charge in [-0.3, -0.25) is 4.98 Å². The third-order valence-electron chi connectivity index (χ3n) is 2.89. The average molecular weight is 294 g/mol. The molecule has 1 N–H and O–H groups in total. The summed E-state index contributed by atoms with van der Waals surface area (Å²) in [6.45, 7) is 3.27. The minimum atomic E-state index is -3.71. The van der Waals surface area contributed by atoms with Crippen molar-refractivity contribution in [2.75, 3.05) is 0 Å². The molecule has 0 aliphatic carbocycles. The molecular formula is C14H15FN2O2S. The first-order chi connectivity index (χ1) is 9.40. The van der Waals surface area contributed by atoms with Gasteiger partial charge in [-0.05, 0) is 49.7 Å². The smallest absolute Gasteiger partial charge is 0.241 e. The minimum absolute atomic E-state index is 0.0710. The number of halogens is 1. The molecule has 0 saturated carbocycles. The fraction of sp³-hybridized carbons (Fsp3) is 0.214. The van der Waals surface area contributed by atoms with E-state index >= 15 is 0 Å². The summed E-state index contributed by atoms with van der Waals surface area (Å²) in [5.41, 5.74) is 0.988. The van der Waals surface area contributed by atoms with E-state index in [2.05, 4.69) is 9.71 Å². The lowest BCUT2D eigenvalue weighted by Gasteiger charge is -2.15. The lowest BCUT2D eigenvalue weighted by Crippen LogP contribution is -2.28. The van der Waals surface area contributed by atoms with Crippen molar-refractivity contribution in [1.29, 1.82) is 0 Å². The first-order valence-corrected chi connectivity index (χ1v) is 7.58. The van der Waals surface area contributed by atoms with Gasteiger partial charge in [-0.15, -0.1) is 0 Å². The number of benzene rings is 1. The molecule has 2 aromatic rings. The summed E-state index contributed by atoms with van der Waals surface area (Å²) in [5.74, 6) is -0.459. The van der Waals surface area contributed by atoms with Gasteiger partial charge in [0, 0.05) is 6.20 Å². The van der Waals surface area contributed by atoms with Gasteiger partial charge in [-0.2, -0.15) is 0 Å². The lowest BCUT2D eigenvalue weighted by atomic mass is 10.2. The van der Waals surface area contributed by atoms with Gasteiger partial charge >= 0.3 is 0 Å². The average Bonchev–Trinajstić information content (AvgIpc) is 2.38. The topological polar surface area (TPSA) is 59.1 Å². The van der Waals surface area contributed by atoms with E-state index in [1.165, 1.54) is 12.1 Å². The molecule has 0 bridgehead atoms. The van der Waals surface area contributed by atoms with Crippen molar-refractivity contribution >= 4 is 10.0 Å². The minimum Gasteiger partial charge on any atom is -0.260 e. The Kier molecular flexibility index (Phi) is 4.15. The molecule has 0 radical (unpaired) electrons. The Balaban J connectivity index is 2.28. The van der Waals surface area contributed by atoms with Gasteiger partial charge in [0.1, 0.15) is 5.82 Å². The highest BCUT2D eigenvalue weighted by atomic mass is 32.2. The molecular weight excluding hydrogens is 279 g/mol. The summed E-state index contributed by atoms with van der Waals surface area (Å²) in [6.07, 6.45) is 1.60. The maximum Gasteiger partial charge on any atom is 0.241 e. The number of sulfonamides is 1. The maximum atomic E-state index is 13.0. The van der Waals surface area contributed by atoms with Crippen LogP contribution in [0.5, 0.6) is 0 Å². The summed E-state index contributed by atoms with van der Waals surface area (Å²) in [6, 6.07) is 8.41. The second-order valence-corrected chi connectivity index (χ2v) is 6.19. The van der Waals surface area contributed by atoms with Crippen LogP contribution in [0.2, 0.25) is 0 Å². The number of aromatic nitrogens is 1. The van der Waals surface area contributed by atoms with Crippen LogP contribution in [0.25, 0.3) is 0 Å². The highest BCUT2D eigenvalue weighted by Crippen LogP contribution is 2.19. The normalized spacial score (nSPS) is 13.2. The zero-order valence-electron chi connectivity index (χ0n) is 11.2. The zero-order chi connectivity index (χ0) is 14.8. The van der Waals surface area contributed by atoms with E-state index in [0.717, 1.165) is 6.07 Å². The number of rotatable bonds is 4. The van der Waals surface area contributed by atoms with Gasteiger partial charge in [0.25, 0.3) is 0 Å². The van der Waals surface area contributed by atoms with E-state index in [4.69, 9.17) is 0 Å². The number of nitrogens with one attached hydrogen (secondary N) is 1. The number of hydrogen-bond acceptors (Lipinski definition) is 3. The molecule has 1 atom stereocenters. The Morgan fingerprint density at radius 3 is 2.60 bits per heavy atom. The molecule has 2 rings (SSSR count). The van der Waals surface area contributed by atoms with Crippen molar-refractivity contribution < 1.29 is 12.8 Å². The summed E-state index contributed by atoms with van der Waals surface area (Å²) < 4.78 is 40.1. The molecule has 0 fully saturated rings. The quantitative estimate of drug-likeness (QED) is 0.943. The summed E-state index contributed by atoms with van der Waals surface area (Å²) in [4.78, 5) is 4.18. The van der Waals surface area contributed by atoms with Crippen molar-refractivity contribution in [1.82, 2.24) is 9.71 Å². The molecule has 20 heavy (non-hydrogen) atoms. The molecule has 106 valence electrons. The zero-order valence-corrected chi connectivity index (χ0v) is 12.0. The van der Waals surface area contributed by atoms with Crippen molar-refractivity contribution in [2.45, 2.75) is 24.8 Å². The number of aryl methyl sites for hydroxylation is 1. The highest BCUT2D eigenvalue weighted by molar-refractivity contribution is 7.89. The van der Waals surface area contributed by atoms with Crippen LogP contribution in [0.3, 0.4) is 0 Å². The molecule has 6 heteroatoms. The predicted molar refractivity (Wildman–Crippen MR) is 74.1 cm³/mol.